The van der Waals surface area contributed by atoms with Crippen LogP contribution in [-0.4, -0.2) is 7.11 Å². The molecule has 0 spiro atoms. The summed E-state index contributed by atoms with van der Waals surface area (Å²) < 4.78 is 19.0. The smallest absolute Gasteiger partial charge is 0.138 e. The standard InChI is InChI=1S/C14H12Cl2FNO/c1-19-14-6-11(15)9(5-12(14)16)10-4-8(7-18)2-3-13(10)17/h2-6H,7,18H2,1H3. The Kier molecular flexibility index (Phi) is 4.30. The first-order valence-electron chi connectivity index (χ1n) is 5.58. The van der Waals surface area contributed by atoms with Gasteiger partial charge in [0.2, 0.25) is 0 Å². The molecule has 0 saturated heterocycles. The van der Waals surface area contributed by atoms with Crippen molar-refractivity contribution in [2.24, 2.45) is 5.73 Å². The van der Waals surface area contributed by atoms with Gasteiger partial charge in [-0.25, -0.2) is 4.39 Å². The van der Waals surface area contributed by atoms with Crippen LogP contribution in [0.2, 0.25) is 10.0 Å². The van der Waals surface area contributed by atoms with Crippen LogP contribution in [0.15, 0.2) is 30.3 Å². The van der Waals surface area contributed by atoms with Gasteiger partial charge in [0, 0.05) is 23.7 Å². The summed E-state index contributed by atoms with van der Waals surface area (Å²) in [6.45, 7) is 0.328. The fourth-order valence-corrected chi connectivity index (χ4v) is 2.29. The average molecular weight is 300 g/mol. The summed E-state index contributed by atoms with van der Waals surface area (Å²) in [6.07, 6.45) is 0. The molecule has 0 unspecified atom stereocenters. The summed E-state index contributed by atoms with van der Waals surface area (Å²) in [5.41, 5.74) is 7.26. The van der Waals surface area contributed by atoms with Gasteiger partial charge in [-0.1, -0.05) is 29.3 Å². The molecule has 0 bridgehead atoms. The third kappa shape index (κ3) is 2.84. The number of halogens is 3. The number of hydrogen-bond acceptors (Lipinski definition) is 2. The molecule has 0 fully saturated rings. The number of nitrogens with two attached hydrogens (primary N) is 1. The lowest BCUT2D eigenvalue weighted by Gasteiger charge is -2.11. The molecule has 0 aliphatic carbocycles. The van der Waals surface area contributed by atoms with Crippen molar-refractivity contribution in [2.45, 2.75) is 6.54 Å². The van der Waals surface area contributed by atoms with Gasteiger partial charge in [0.25, 0.3) is 0 Å². The van der Waals surface area contributed by atoms with E-state index in [9.17, 15) is 4.39 Å². The second kappa shape index (κ2) is 5.78. The summed E-state index contributed by atoms with van der Waals surface area (Å²) in [5.74, 6) is 0.0751. The number of benzene rings is 2. The summed E-state index contributed by atoms with van der Waals surface area (Å²) >= 11 is 12.2. The number of rotatable bonds is 3. The molecule has 2 nitrogen and oxygen atoms in total. The Morgan fingerprint density at radius 2 is 1.84 bits per heavy atom. The van der Waals surface area contributed by atoms with E-state index in [2.05, 4.69) is 0 Å². The monoisotopic (exact) mass is 299 g/mol. The molecule has 100 valence electrons. The predicted molar refractivity (Wildman–Crippen MR) is 76.3 cm³/mol. The summed E-state index contributed by atoms with van der Waals surface area (Å²) in [7, 11) is 1.49. The second-order valence-corrected chi connectivity index (χ2v) is 4.80. The fraction of sp³-hybridized carbons (Fsp3) is 0.143. The molecule has 2 aromatic carbocycles. The lowest BCUT2D eigenvalue weighted by Crippen LogP contribution is -1.98. The molecular weight excluding hydrogens is 288 g/mol. The highest BCUT2D eigenvalue weighted by atomic mass is 35.5. The van der Waals surface area contributed by atoms with Crippen LogP contribution in [0, 0.1) is 5.82 Å². The zero-order chi connectivity index (χ0) is 14.0. The van der Waals surface area contributed by atoms with E-state index in [1.165, 1.54) is 13.2 Å². The molecule has 0 amide bonds. The molecule has 0 radical (unpaired) electrons. The van der Waals surface area contributed by atoms with Crippen molar-refractivity contribution in [2.75, 3.05) is 7.11 Å². The van der Waals surface area contributed by atoms with Crippen LogP contribution in [0.25, 0.3) is 11.1 Å². The van der Waals surface area contributed by atoms with Crippen LogP contribution in [0.5, 0.6) is 5.75 Å². The molecule has 2 aromatic rings. The molecule has 0 aliphatic heterocycles. The molecule has 0 aliphatic rings. The van der Waals surface area contributed by atoms with E-state index < -0.39 is 0 Å². The van der Waals surface area contributed by atoms with E-state index in [1.54, 1.807) is 24.3 Å². The minimum atomic E-state index is -0.375. The van der Waals surface area contributed by atoms with Gasteiger partial charge >= 0.3 is 0 Å². The predicted octanol–water partition coefficient (Wildman–Crippen LogP) is 4.27. The highest BCUT2D eigenvalue weighted by Gasteiger charge is 2.13. The maximum Gasteiger partial charge on any atom is 0.138 e. The van der Waals surface area contributed by atoms with Crippen LogP contribution in [-0.2, 0) is 6.54 Å². The van der Waals surface area contributed by atoms with Crippen LogP contribution in [0.4, 0.5) is 4.39 Å². The van der Waals surface area contributed by atoms with Crippen molar-refractivity contribution in [1.29, 1.82) is 0 Å². The Labute approximate surface area is 120 Å². The lowest BCUT2D eigenvalue weighted by atomic mass is 10.0. The van der Waals surface area contributed by atoms with Gasteiger partial charge in [-0.05, 0) is 23.8 Å². The Morgan fingerprint density at radius 3 is 2.47 bits per heavy atom. The summed E-state index contributed by atoms with van der Waals surface area (Å²) in [4.78, 5) is 0. The highest BCUT2D eigenvalue weighted by Crippen LogP contribution is 2.37. The zero-order valence-electron chi connectivity index (χ0n) is 10.2. The van der Waals surface area contributed by atoms with Gasteiger partial charge in [-0.3, -0.25) is 0 Å². The van der Waals surface area contributed by atoms with Crippen molar-refractivity contribution < 1.29 is 9.13 Å². The first-order valence-corrected chi connectivity index (χ1v) is 6.34. The summed E-state index contributed by atoms with van der Waals surface area (Å²) in [6, 6.07) is 7.82. The molecule has 0 aromatic heterocycles. The highest BCUT2D eigenvalue weighted by molar-refractivity contribution is 6.36. The molecule has 2 rings (SSSR count). The first kappa shape index (κ1) is 14.1. The molecular formula is C14H12Cl2FNO. The summed E-state index contributed by atoms with van der Waals surface area (Å²) in [5, 5.41) is 0.744. The van der Waals surface area contributed by atoms with Gasteiger partial charge in [0.05, 0.1) is 17.2 Å². The first-order chi connectivity index (χ1) is 9.06. The van der Waals surface area contributed by atoms with Gasteiger partial charge in [0.1, 0.15) is 11.6 Å². The Hall–Kier alpha value is -1.29. The largest absolute Gasteiger partial charge is 0.495 e. The normalized spacial score (nSPS) is 10.6. The van der Waals surface area contributed by atoms with Gasteiger partial charge in [-0.15, -0.1) is 0 Å². The molecule has 19 heavy (non-hydrogen) atoms. The third-order valence-corrected chi connectivity index (χ3v) is 3.41. The number of hydrogen-bond donors (Lipinski definition) is 1. The molecule has 2 N–H and O–H groups in total. The third-order valence-electron chi connectivity index (χ3n) is 2.80. The molecule has 0 heterocycles. The molecule has 0 saturated carbocycles. The minimum Gasteiger partial charge on any atom is -0.495 e. The number of ether oxygens (including phenoxy) is 1. The zero-order valence-corrected chi connectivity index (χ0v) is 11.7. The van der Waals surface area contributed by atoms with E-state index in [0.29, 0.717) is 33.5 Å². The molecule has 5 heteroatoms. The second-order valence-electron chi connectivity index (χ2n) is 3.98. The van der Waals surface area contributed by atoms with Crippen LogP contribution >= 0.6 is 23.2 Å². The Morgan fingerprint density at radius 1 is 1.11 bits per heavy atom. The van der Waals surface area contributed by atoms with Crippen LogP contribution < -0.4 is 10.5 Å². The van der Waals surface area contributed by atoms with Crippen molar-refractivity contribution in [3.8, 4) is 16.9 Å². The van der Waals surface area contributed by atoms with Crippen LogP contribution in [0.3, 0.4) is 0 Å². The van der Waals surface area contributed by atoms with Crippen LogP contribution in [0.1, 0.15) is 5.56 Å². The van der Waals surface area contributed by atoms with E-state index in [0.717, 1.165) is 5.56 Å². The van der Waals surface area contributed by atoms with E-state index in [-0.39, 0.29) is 5.82 Å². The topological polar surface area (TPSA) is 35.2 Å². The Bertz CT molecular complexity index is 617. The maximum atomic E-state index is 13.9. The van der Waals surface area contributed by atoms with Gasteiger partial charge < -0.3 is 10.5 Å². The lowest BCUT2D eigenvalue weighted by molar-refractivity contribution is 0.415. The minimum absolute atomic E-state index is 0.328. The van der Waals surface area contributed by atoms with E-state index >= 15 is 0 Å². The van der Waals surface area contributed by atoms with Crippen molar-refractivity contribution >= 4 is 23.2 Å². The molecule has 0 atom stereocenters. The van der Waals surface area contributed by atoms with Gasteiger partial charge in [0.15, 0.2) is 0 Å². The van der Waals surface area contributed by atoms with Crippen molar-refractivity contribution in [3.63, 3.8) is 0 Å². The SMILES string of the molecule is COc1cc(Cl)c(-c2cc(CN)ccc2F)cc1Cl. The maximum absolute atomic E-state index is 13.9. The van der Waals surface area contributed by atoms with Gasteiger partial charge in [-0.2, -0.15) is 0 Å². The van der Waals surface area contributed by atoms with E-state index in [1.807, 2.05) is 0 Å². The Balaban J connectivity index is 2.61. The van der Waals surface area contributed by atoms with Crippen molar-refractivity contribution in [3.05, 3.63) is 51.8 Å². The number of methoxy groups -OCH3 is 1. The van der Waals surface area contributed by atoms with Crippen molar-refractivity contribution in [1.82, 2.24) is 0 Å². The van der Waals surface area contributed by atoms with E-state index in [4.69, 9.17) is 33.7 Å². The fourth-order valence-electron chi connectivity index (χ4n) is 1.80. The quantitative estimate of drug-likeness (QED) is 0.919. The average Bonchev–Trinajstić information content (AvgIpc) is 2.41.